The van der Waals surface area contributed by atoms with Crippen LogP contribution in [0.5, 0.6) is 0 Å². The molecule has 21 rings (SSSR count). The van der Waals surface area contributed by atoms with E-state index in [0.717, 1.165) is 0 Å². The molecule has 508 valence electrons. The normalized spacial score (nSPS) is 50.4. The Bertz CT molecular complexity index is 2000. The van der Waals surface area contributed by atoms with Crippen molar-refractivity contribution in [2.75, 3.05) is 97.5 Å². The van der Waals surface area contributed by atoms with Crippen LogP contribution in [-0.4, -0.2) is 264 Å². The first-order chi connectivity index (χ1) is 41.9. The molecule has 87 heavy (non-hydrogen) atoms. The molecule has 21 fully saturated rings. The van der Waals surface area contributed by atoms with Crippen LogP contribution >= 0.6 is 0 Å². The predicted molar refractivity (Wildman–Crippen MR) is 311 cm³/mol. The van der Waals surface area contributed by atoms with Crippen molar-refractivity contribution in [2.24, 2.45) is 47.3 Å². The summed E-state index contributed by atoms with van der Waals surface area (Å²) in [7, 11) is 16.4. The summed E-state index contributed by atoms with van der Waals surface area (Å²) in [4.78, 5) is 0. The highest BCUT2D eigenvalue weighted by atomic mass is 16.8. The molecule has 0 spiro atoms. The summed E-state index contributed by atoms with van der Waals surface area (Å²) in [5.74, 6) is -1.39. The highest BCUT2D eigenvalue weighted by Gasteiger charge is 2.59. The molecule has 35 atom stereocenters. The molecule has 24 heteroatoms. The first-order valence-corrected chi connectivity index (χ1v) is 32.2. The van der Waals surface area contributed by atoms with Gasteiger partial charge in [0.1, 0.15) is 73.2 Å². The van der Waals surface area contributed by atoms with Crippen LogP contribution in [0.15, 0.2) is 0 Å². The van der Waals surface area contributed by atoms with Crippen molar-refractivity contribution in [3.8, 4) is 0 Å². The Morgan fingerprint density at radius 3 is 0.747 bits per heavy atom. The van der Waals surface area contributed by atoms with Crippen molar-refractivity contribution in [3.05, 3.63) is 0 Å². The van der Waals surface area contributed by atoms with Gasteiger partial charge in [-0.05, 0) is 37.0 Å². The highest BCUT2D eigenvalue weighted by molar-refractivity contribution is 5.01. The molecule has 0 amide bonds. The predicted octanol–water partition coefficient (Wildman–Crippen LogP) is 5.77. The second-order valence-corrected chi connectivity index (χ2v) is 25.6. The van der Waals surface area contributed by atoms with Gasteiger partial charge < -0.3 is 114 Å². The molecule has 14 bridgehead atoms. The Hall–Kier alpha value is -0.960. The Morgan fingerprint density at radius 1 is 0.207 bits per heavy atom. The Labute approximate surface area is 518 Å². The van der Waals surface area contributed by atoms with E-state index in [1.165, 1.54) is 0 Å². The van der Waals surface area contributed by atoms with Gasteiger partial charge in [0.05, 0.1) is 75.3 Å². The van der Waals surface area contributed by atoms with Crippen molar-refractivity contribution in [3.63, 3.8) is 0 Å². The Kier molecular flexibility index (Phi) is 27.2. The van der Waals surface area contributed by atoms with E-state index in [0.29, 0.717) is 19.3 Å². The van der Waals surface area contributed by atoms with Crippen LogP contribution in [0.25, 0.3) is 0 Å². The minimum Gasteiger partial charge on any atom is -0.382 e. The fraction of sp³-hybridized carbons (Fsp3) is 1.00. The number of rotatable bonds is 17. The van der Waals surface area contributed by atoms with E-state index in [-0.39, 0.29) is 73.8 Å². The van der Waals surface area contributed by atoms with E-state index in [2.05, 4.69) is 55.4 Å². The van der Waals surface area contributed by atoms with E-state index in [4.69, 9.17) is 114 Å². The van der Waals surface area contributed by atoms with Gasteiger partial charge in [0.25, 0.3) is 0 Å². The van der Waals surface area contributed by atoms with Crippen LogP contribution in [-0.2, 0) is 114 Å². The standard InChI is InChI=1S/C63H112O24/c1-22-37-50-48(68-16)36(11)60(74-37)86-51-38(23-2)76-63(56(73-21)53(51)70-18)87-52-39(24-3)75-62(55(72-20)54(52)71-19)84-47-35(10)49(69-17)61(80-43(47)28-67-15)83-46-31(6)33(8)58(78-42(46)27-66-14)81-44-29(4)32(7)57(77-40(44)25-64-12)82-45-30(5)34(9)59(85-50)79-41(45)26-65-13/h29-63H,22-28H2,1-21H3/t29-,30-,31-,32-,33-,34-,35+,36-,37-,38-,39-,40-,41-,42-,43-,44+,45+,46?,47+,48-,49-,50?,51-,52-,53+,54+,55-,56-,57?,58?,59?,60?,61?,62?,63?/m1/s1. The van der Waals surface area contributed by atoms with Gasteiger partial charge in [-0.25, -0.2) is 0 Å². The summed E-state index contributed by atoms with van der Waals surface area (Å²) in [6.07, 6.45) is -15.7. The third-order valence-electron chi connectivity index (χ3n) is 20.7. The summed E-state index contributed by atoms with van der Waals surface area (Å²) in [6, 6.07) is 0. The minimum atomic E-state index is -0.960. The molecule has 0 aromatic heterocycles. The fourth-order valence-electron chi connectivity index (χ4n) is 14.9. The summed E-state index contributed by atoms with van der Waals surface area (Å²) < 4.78 is 160. The molecule has 21 saturated heterocycles. The van der Waals surface area contributed by atoms with Crippen LogP contribution < -0.4 is 0 Å². The van der Waals surface area contributed by atoms with Crippen molar-refractivity contribution < 1.29 is 114 Å². The molecular weight excluding hydrogens is 1140 g/mol. The van der Waals surface area contributed by atoms with Gasteiger partial charge in [-0.15, -0.1) is 0 Å². The number of hydrogen-bond acceptors (Lipinski definition) is 24. The highest BCUT2D eigenvalue weighted by Crippen LogP contribution is 2.46. The molecule has 9 unspecified atom stereocenters. The van der Waals surface area contributed by atoms with E-state index in [1.807, 2.05) is 20.8 Å². The smallest absolute Gasteiger partial charge is 0.187 e. The van der Waals surface area contributed by atoms with Crippen LogP contribution in [0.3, 0.4) is 0 Å². The third kappa shape index (κ3) is 15.1. The van der Waals surface area contributed by atoms with Gasteiger partial charge in [0, 0.05) is 101 Å². The van der Waals surface area contributed by atoms with E-state index in [1.54, 1.807) is 71.1 Å². The largest absolute Gasteiger partial charge is 0.382 e. The first-order valence-electron chi connectivity index (χ1n) is 32.2. The van der Waals surface area contributed by atoms with Gasteiger partial charge in [0.15, 0.2) is 44.0 Å². The van der Waals surface area contributed by atoms with Gasteiger partial charge in [-0.3, -0.25) is 0 Å². The average Bonchev–Trinajstić information content (AvgIpc) is 3.54. The zero-order chi connectivity index (χ0) is 63.1. The summed E-state index contributed by atoms with van der Waals surface area (Å²) in [6.45, 7) is 24.0. The lowest BCUT2D eigenvalue weighted by Gasteiger charge is -2.52. The van der Waals surface area contributed by atoms with Gasteiger partial charge in [0.2, 0.25) is 0 Å². The quantitative estimate of drug-likeness (QED) is 0.169. The second kappa shape index (κ2) is 32.9. The lowest BCUT2D eigenvalue weighted by molar-refractivity contribution is -0.392. The van der Waals surface area contributed by atoms with Gasteiger partial charge >= 0.3 is 0 Å². The summed E-state index contributed by atoms with van der Waals surface area (Å²) in [5.41, 5.74) is 0. The lowest BCUT2D eigenvalue weighted by atomic mass is 9.82. The maximum absolute atomic E-state index is 7.15. The first kappa shape index (κ1) is 71.9. The fourth-order valence-corrected chi connectivity index (χ4v) is 14.9. The maximum Gasteiger partial charge on any atom is 0.187 e. The van der Waals surface area contributed by atoms with Crippen LogP contribution in [0, 0.1) is 47.3 Å². The Balaban J connectivity index is 1.15. The number of ether oxygens (including phenoxy) is 24. The van der Waals surface area contributed by atoms with E-state index >= 15 is 0 Å². The zero-order valence-corrected chi connectivity index (χ0v) is 56.0. The molecule has 24 nitrogen and oxygen atoms in total. The second-order valence-electron chi connectivity index (χ2n) is 25.6. The topological polar surface area (TPSA) is 222 Å². The third-order valence-corrected chi connectivity index (χ3v) is 20.7. The SMILES string of the molecule is CC[C@H]1OC2O[C@H]3[C@H](OC)[C@@H](OC)C(O[C@H]4[C@H](OC)[C@@H](OC)C(O[C@H]5[C@H](C)[C@@H](OC)C(OC6[C@@H](COC)OC(O[C@H]7[C@H](C)[C@@H](C)C(O[C@H]8[C@H](C)[C@@H](C)C(OC1[C@H](OC)[C@H]2C)O[C@@H]8COC)O[C@@H]7COC)[C@H](C)[C@H]6C)O[C@@H]5COC)O[C@@H]4CC)O[C@@H]3CC. The Morgan fingerprint density at radius 2 is 0.437 bits per heavy atom. The van der Waals surface area contributed by atoms with Crippen LogP contribution in [0.4, 0.5) is 0 Å². The maximum atomic E-state index is 7.15. The van der Waals surface area contributed by atoms with Crippen molar-refractivity contribution in [1.29, 1.82) is 0 Å². The average molecular weight is 1250 g/mol. The van der Waals surface area contributed by atoms with Gasteiger partial charge in [-0.1, -0.05) is 76.2 Å². The minimum absolute atomic E-state index is 0.0739. The zero-order valence-electron chi connectivity index (χ0n) is 56.0. The van der Waals surface area contributed by atoms with Crippen LogP contribution in [0.1, 0.15) is 95.4 Å². The van der Waals surface area contributed by atoms with Gasteiger partial charge in [-0.2, -0.15) is 0 Å². The molecule has 0 aliphatic carbocycles. The van der Waals surface area contributed by atoms with E-state index in [9.17, 15) is 0 Å². The molecular formula is C63H112O24. The monoisotopic (exact) mass is 1250 g/mol. The molecule has 0 saturated carbocycles. The van der Waals surface area contributed by atoms with Crippen molar-refractivity contribution in [1.82, 2.24) is 0 Å². The number of hydrogen-bond donors (Lipinski definition) is 0. The van der Waals surface area contributed by atoms with E-state index < -0.39 is 166 Å². The molecule has 0 N–H and O–H groups in total. The molecule has 0 aromatic rings. The molecule has 21 aliphatic rings. The van der Waals surface area contributed by atoms with Crippen molar-refractivity contribution in [2.45, 2.75) is 262 Å². The molecule has 21 heterocycles. The lowest BCUT2D eigenvalue weighted by Crippen LogP contribution is -2.67. The number of methoxy groups -OCH3 is 10. The van der Waals surface area contributed by atoms with Crippen LogP contribution in [0.2, 0.25) is 0 Å². The molecule has 0 radical (unpaired) electrons. The van der Waals surface area contributed by atoms with Crippen molar-refractivity contribution >= 4 is 0 Å². The molecule has 21 aliphatic heterocycles. The molecule has 0 aromatic carbocycles. The summed E-state index contributed by atoms with van der Waals surface area (Å²) >= 11 is 0. The summed E-state index contributed by atoms with van der Waals surface area (Å²) in [5, 5.41) is 0.